The maximum atomic E-state index is 12.7. The SMILES string of the molecule is CCOC(=O)c1cc(CC)sc1NC(=O)CSc1nnc(C(C)Oc2ccc(OC)cc2)n1CC. The Hall–Kier alpha value is -3.05. The molecule has 1 N–H and O–H groups in total. The van der Waals surface area contributed by atoms with Crippen molar-refractivity contribution >= 4 is 40.0 Å². The van der Waals surface area contributed by atoms with Crippen LogP contribution in [0.5, 0.6) is 11.5 Å². The zero-order valence-corrected chi connectivity index (χ0v) is 22.1. The zero-order valence-electron chi connectivity index (χ0n) is 20.5. The van der Waals surface area contributed by atoms with Crippen LogP contribution in [0.1, 0.15) is 54.9 Å². The molecule has 0 aliphatic rings. The van der Waals surface area contributed by atoms with Crippen LogP contribution >= 0.6 is 23.1 Å². The summed E-state index contributed by atoms with van der Waals surface area (Å²) in [5.41, 5.74) is 0.385. The predicted molar refractivity (Wildman–Crippen MR) is 137 cm³/mol. The molecule has 35 heavy (non-hydrogen) atoms. The summed E-state index contributed by atoms with van der Waals surface area (Å²) in [6.45, 7) is 8.54. The largest absolute Gasteiger partial charge is 0.497 e. The van der Waals surface area contributed by atoms with Crippen molar-refractivity contribution in [1.29, 1.82) is 0 Å². The highest BCUT2D eigenvalue weighted by Crippen LogP contribution is 2.30. The van der Waals surface area contributed by atoms with Gasteiger partial charge in [-0.3, -0.25) is 4.79 Å². The van der Waals surface area contributed by atoms with Crippen molar-refractivity contribution < 1.29 is 23.8 Å². The maximum absolute atomic E-state index is 12.7. The van der Waals surface area contributed by atoms with Gasteiger partial charge < -0.3 is 24.1 Å². The van der Waals surface area contributed by atoms with E-state index in [4.69, 9.17) is 14.2 Å². The van der Waals surface area contributed by atoms with Crippen molar-refractivity contribution in [2.24, 2.45) is 0 Å². The Bertz CT molecular complexity index is 1140. The highest BCUT2D eigenvalue weighted by Gasteiger charge is 2.21. The number of methoxy groups -OCH3 is 1. The number of carbonyl (C=O) groups is 2. The van der Waals surface area contributed by atoms with Gasteiger partial charge in [-0.1, -0.05) is 18.7 Å². The minimum Gasteiger partial charge on any atom is -0.497 e. The van der Waals surface area contributed by atoms with E-state index >= 15 is 0 Å². The van der Waals surface area contributed by atoms with Crippen LogP contribution in [0.3, 0.4) is 0 Å². The van der Waals surface area contributed by atoms with Crippen LogP contribution in [-0.2, 0) is 22.5 Å². The molecule has 9 nitrogen and oxygen atoms in total. The van der Waals surface area contributed by atoms with Gasteiger partial charge >= 0.3 is 5.97 Å². The van der Waals surface area contributed by atoms with Crippen molar-refractivity contribution in [3.8, 4) is 11.5 Å². The molecule has 0 aliphatic heterocycles. The van der Waals surface area contributed by atoms with Gasteiger partial charge in [0.2, 0.25) is 5.91 Å². The topological polar surface area (TPSA) is 105 Å². The summed E-state index contributed by atoms with van der Waals surface area (Å²) in [6, 6.07) is 9.10. The number of thioether (sulfide) groups is 1. The van der Waals surface area contributed by atoms with E-state index in [1.54, 1.807) is 20.1 Å². The highest BCUT2D eigenvalue weighted by molar-refractivity contribution is 7.99. The van der Waals surface area contributed by atoms with Crippen molar-refractivity contribution in [3.63, 3.8) is 0 Å². The van der Waals surface area contributed by atoms with Crippen molar-refractivity contribution in [3.05, 3.63) is 46.6 Å². The van der Waals surface area contributed by atoms with E-state index in [0.717, 1.165) is 17.0 Å². The van der Waals surface area contributed by atoms with E-state index in [2.05, 4.69) is 15.5 Å². The van der Waals surface area contributed by atoms with Crippen LogP contribution in [0.25, 0.3) is 0 Å². The van der Waals surface area contributed by atoms with Crippen LogP contribution in [0.2, 0.25) is 0 Å². The lowest BCUT2D eigenvalue weighted by molar-refractivity contribution is -0.113. The Morgan fingerprint density at radius 3 is 2.49 bits per heavy atom. The van der Waals surface area contributed by atoms with Crippen LogP contribution in [0.15, 0.2) is 35.5 Å². The summed E-state index contributed by atoms with van der Waals surface area (Å²) in [4.78, 5) is 25.9. The highest BCUT2D eigenvalue weighted by atomic mass is 32.2. The van der Waals surface area contributed by atoms with Gasteiger partial charge in [0.25, 0.3) is 0 Å². The van der Waals surface area contributed by atoms with Crippen molar-refractivity contribution in [2.45, 2.75) is 51.9 Å². The molecule has 1 unspecified atom stereocenters. The Morgan fingerprint density at radius 1 is 1.14 bits per heavy atom. The molecule has 0 radical (unpaired) electrons. The Morgan fingerprint density at radius 2 is 1.86 bits per heavy atom. The normalized spacial score (nSPS) is 11.7. The monoisotopic (exact) mass is 518 g/mol. The molecule has 2 heterocycles. The zero-order chi connectivity index (χ0) is 25.4. The number of hydrogen-bond donors (Lipinski definition) is 1. The molecule has 0 fully saturated rings. The number of aryl methyl sites for hydroxylation is 1. The quantitative estimate of drug-likeness (QED) is 0.264. The fourth-order valence-electron chi connectivity index (χ4n) is 3.28. The van der Waals surface area contributed by atoms with E-state index in [0.29, 0.717) is 33.8 Å². The first-order valence-corrected chi connectivity index (χ1v) is 13.2. The molecule has 1 amide bonds. The summed E-state index contributed by atoms with van der Waals surface area (Å²) in [5, 5.41) is 12.5. The number of nitrogens with one attached hydrogen (secondary N) is 1. The summed E-state index contributed by atoms with van der Waals surface area (Å²) < 4.78 is 18.2. The number of carbonyl (C=O) groups excluding carboxylic acids is 2. The van der Waals surface area contributed by atoms with Gasteiger partial charge in [0.15, 0.2) is 17.1 Å². The first kappa shape index (κ1) is 26.6. The molecule has 0 aliphatic carbocycles. The van der Waals surface area contributed by atoms with E-state index in [1.165, 1.54) is 23.1 Å². The van der Waals surface area contributed by atoms with Crippen LogP contribution < -0.4 is 14.8 Å². The van der Waals surface area contributed by atoms with Gasteiger partial charge in [-0.05, 0) is 57.5 Å². The molecule has 0 saturated heterocycles. The molecule has 0 bridgehead atoms. The third kappa shape index (κ3) is 6.76. The number of aromatic nitrogens is 3. The van der Waals surface area contributed by atoms with Crippen molar-refractivity contribution in [2.75, 3.05) is 24.8 Å². The lowest BCUT2D eigenvalue weighted by Crippen LogP contribution is -2.16. The third-order valence-corrected chi connectivity index (χ3v) is 7.17. The fraction of sp³-hybridized carbons (Fsp3) is 0.417. The van der Waals surface area contributed by atoms with Gasteiger partial charge in [-0.25, -0.2) is 4.79 Å². The molecule has 1 aromatic carbocycles. The molecule has 3 aromatic rings. The van der Waals surface area contributed by atoms with Gasteiger partial charge in [-0.2, -0.15) is 0 Å². The molecule has 0 saturated carbocycles. The summed E-state index contributed by atoms with van der Waals surface area (Å²) in [6.07, 6.45) is 0.422. The first-order chi connectivity index (χ1) is 16.9. The van der Waals surface area contributed by atoms with Gasteiger partial charge in [0, 0.05) is 11.4 Å². The fourth-order valence-corrected chi connectivity index (χ4v) is 5.09. The summed E-state index contributed by atoms with van der Waals surface area (Å²) >= 11 is 2.66. The third-order valence-electron chi connectivity index (χ3n) is 5.01. The minimum atomic E-state index is -0.437. The molecule has 188 valence electrons. The number of benzene rings is 1. The van der Waals surface area contributed by atoms with Crippen LogP contribution in [0.4, 0.5) is 5.00 Å². The number of esters is 1. The molecule has 1 atom stereocenters. The number of anilines is 1. The molecule has 0 spiro atoms. The Labute approximate surface area is 213 Å². The smallest absolute Gasteiger partial charge is 0.341 e. The summed E-state index contributed by atoms with van der Waals surface area (Å²) in [7, 11) is 1.61. The average molecular weight is 519 g/mol. The molecular weight excluding hydrogens is 488 g/mol. The number of nitrogens with zero attached hydrogens (tertiary/aromatic N) is 3. The average Bonchev–Trinajstić information content (AvgIpc) is 3.47. The standard InChI is InChI=1S/C24H30N4O5S2/c1-6-18-13-19(23(30)32-8-3)22(35-18)25-20(29)14-34-24-27-26-21(28(24)7-2)15(4)33-17-11-9-16(31-5)10-12-17/h9-13,15H,6-8,14H2,1-5H3,(H,25,29). The van der Waals surface area contributed by atoms with E-state index < -0.39 is 5.97 Å². The second-order valence-corrected chi connectivity index (χ2v) is 9.47. The molecule has 11 heteroatoms. The first-order valence-electron chi connectivity index (χ1n) is 11.4. The van der Waals surface area contributed by atoms with E-state index in [1.807, 2.05) is 49.6 Å². The summed E-state index contributed by atoms with van der Waals surface area (Å²) in [5.74, 6) is 1.56. The second kappa shape index (κ2) is 12.6. The Kier molecular flexibility index (Phi) is 9.55. The maximum Gasteiger partial charge on any atom is 0.341 e. The lowest BCUT2D eigenvalue weighted by atomic mass is 10.2. The minimum absolute atomic E-state index is 0.119. The van der Waals surface area contributed by atoms with E-state index in [-0.39, 0.29) is 24.4 Å². The van der Waals surface area contributed by atoms with Crippen molar-refractivity contribution in [1.82, 2.24) is 14.8 Å². The molecular formula is C24H30N4O5S2. The lowest BCUT2D eigenvalue weighted by Gasteiger charge is -2.15. The molecule has 3 rings (SSSR count). The molecule has 2 aromatic heterocycles. The van der Waals surface area contributed by atoms with Crippen LogP contribution in [-0.4, -0.2) is 46.1 Å². The van der Waals surface area contributed by atoms with Gasteiger partial charge in [-0.15, -0.1) is 21.5 Å². The number of thiophene rings is 1. The van der Waals surface area contributed by atoms with E-state index in [9.17, 15) is 9.59 Å². The number of amides is 1. The van der Waals surface area contributed by atoms with Gasteiger partial charge in [0.1, 0.15) is 16.5 Å². The number of hydrogen-bond acceptors (Lipinski definition) is 9. The number of rotatable bonds is 12. The van der Waals surface area contributed by atoms with Gasteiger partial charge in [0.05, 0.1) is 25.0 Å². The Balaban J connectivity index is 1.64. The van der Waals surface area contributed by atoms with Crippen LogP contribution in [0, 0.1) is 0 Å². The second-order valence-electron chi connectivity index (χ2n) is 7.39. The number of ether oxygens (including phenoxy) is 3. The predicted octanol–water partition coefficient (Wildman–Crippen LogP) is 4.98.